The van der Waals surface area contributed by atoms with Crippen LogP contribution < -0.4 is 15.9 Å². The summed E-state index contributed by atoms with van der Waals surface area (Å²) in [5.74, 6) is -0.599. The third-order valence-corrected chi connectivity index (χ3v) is 3.27. The molecule has 8 nitrogen and oxygen atoms in total. The van der Waals surface area contributed by atoms with Crippen LogP contribution in [0, 0.1) is 5.21 Å². The Morgan fingerprint density at radius 1 is 1.45 bits per heavy atom. The first kappa shape index (κ1) is 16.0. The van der Waals surface area contributed by atoms with E-state index in [1.807, 2.05) is 0 Å². The second-order valence-corrected chi connectivity index (χ2v) is 4.68. The van der Waals surface area contributed by atoms with E-state index in [0.717, 1.165) is 0 Å². The first-order valence-electron chi connectivity index (χ1n) is 6.73. The molecule has 0 saturated carbocycles. The van der Waals surface area contributed by atoms with E-state index >= 15 is 0 Å². The summed E-state index contributed by atoms with van der Waals surface area (Å²) < 4.78 is 5.00. The summed E-state index contributed by atoms with van der Waals surface area (Å²) in [6, 6.07) is 4.83. The molecule has 1 unspecified atom stereocenters. The minimum atomic E-state index is -1.13. The summed E-state index contributed by atoms with van der Waals surface area (Å²) in [6.45, 7) is 3.42. The maximum atomic E-state index is 12.2. The van der Waals surface area contributed by atoms with Gasteiger partial charge in [-0.25, -0.2) is 14.8 Å². The van der Waals surface area contributed by atoms with Crippen molar-refractivity contribution in [1.82, 2.24) is 10.6 Å². The average Bonchev–Trinajstić information content (AvgIpc) is 2.46. The van der Waals surface area contributed by atoms with Gasteiger partial charge in [0, 0.05) is 17.3 Å². The number of carbonyl (C=O) groups excluding carboxylic acids is 2. The Bertz CT molecular complexity index is 627. The summed E-state index contributed by atoms with van der Waals surface area (Å²) in [4.78, 5) is 23.9. The molecular weight excluding hydrogens is 290 g/mol. The number of benzene rings is 1. The number of para-hydroxylation sites is 1. The van der Waals surface area contributed by atoms with Gasteiger partial charge in [0.1, 0.15) is 0 Å². The molecule has 0 spiro atoms. The van der Waals surface area contributed by atoms with Gasteiger partial charge in [0.05, 0.1) is 18.2 Å². The predicted molar refractivity (Wildman–Crippen MR) is 76.0 cm³/mol. The molecule has 22 heavy (non-hydrogen) atoms. The average molecular weight is 307 g/mol. The zero-order chi connectivity index (χ0) is 16.3. The van der Waals surface area contributed by atoms with Crippen LogP contribution in [0.3, 0.4) is 0 Å². The smallest absolute Gasteiger partial charge is 0.338 e. The van der Waals surface area contributed by atoms with E-state index in [1.54, 1.807) is 32.0 Å². The van der Waals surface area contributed by atoms with Gasteiger partial charge in [0.15, 0.2) is 5.69 Å². The number of amides is 2. The minimum Gasteiger partial charge on any atom is -0.595 e. The molecule has 2 amide bonds. The Labute approximate surface area is 126 Å². The highest BCUT2D eigenvalue weighted by Crippen LogP contribution is 2.30. The molecule has 1 aromatic carbocycles. The number of urea groups is 1. The van der Waals surface area contributed by atoms with E-state index < -0.39 is 23.3 Å². The van der Waals surface area contributed by atoms with E-state index in [4.69, 9.17) is 4.74 Å². The van der Waals surface area contributed by atoms with Crippen molar-refractivity contribution in [1.29, 1.82) is 0 Å². The second-order valence-electron chi connectivity index (χ2n) is 4.68. The van der Waals surface area contributed by atoms with Crippen LogP contribution >= 0.6 is 0 Å². The predicted octanol–water partition coefficient (Wildman–Crippen LogP) is 0.281. The van der Waals surface area contributed by atoms with Crippen molar-refractivity contribution in [3.8, 4) is 0 Å². The molecule has 2 rings (SSSR count). The number of esters is 1. The molecule has 0 saturated heterocycles. The molecule has 1 heterocycles. The van der Waals surface area contributed by atoms with Crippen LogP contribution in [-0.2, 0) is 9.53 Å². The molecule has 1 aliphatic heterocycles. The van der Waals surface area contributed by atoms with Crippen LogP contribution in [0.1, 0.15) is 25.5 Å². The van der Waals surface area contributed by atoms with E-state index in [-0.39, 0.29) is 17.9 Å². The van der Waals surface area contributed by atoms with Crippen molar-refractivity contribution < 1.29 is 24.8 Å². The SMILES string of the molecule is CCOC(=O)C1=C(C)NC(=O)N[C@@H]1c1ccccc1[NH+]([O-])O. The fourth-order valence-corrected chi connectivity index (χ4v) is 2.35. The van der Waals surface area contributed by atoms with Crippen LogP contribution in [0.25, 0.3) is 0 Å². The van der Waals surface area contributed by atoms with Crippen LogP contribution in [0.2, 0.25) is 0 Å². The highest BCUT2D eigenvalue weighted by atomic mass is 16.8. The first-order valence-corrected chi connectivity index (χ1v) is 6.73. The zero-order valence-corrected chi connectivity index (χ0v) is 12.2. The Balaban J connectivity index is 2.53. The number of carbonyl (C=O) groups is 2. The van der Waals surface area contributed by atoms with Gasteiger partial charge in [-0.05, 0) is 13.8 Å². The maximum absolute atomic E-state index is 12.2. The maximum Gasteiger partial charge on any atom is 0.338 e. The number of quaternary nitrogens is 1. The van der Waals surface area contributed by atoms with Crippen molar-refractivity contribution in [2.45, 2.75) is 19.9 Å². The number of hydrogen-bond acceptors (Lipinski definition) is 5. The monoisotopic (exact) mass is 307 g/mol. The van der Waals surface area contributed by atoms with E-state index in [0.29, 0.717) is 11.3 Å². The Kier molecular flexibility index (Phi) is 4.76. The fraction of sp³-hybridized carbons (Fsp3) is 0.286. The molecule has 118 valence electrons. The third kappa shape index (κ3) is 3.08. The van der Waals surface area contributed by atoms with Crippen LogP contribution in [0.15, 0.2) is 35.5 Å². The Morgan fingerprint density at radius 3 is 2.77 bits per heavy atom. The quantitative estimate of drug-likeness (QED) is 0.471. The fourth-order valence-electron chi connectivity index (χ4n) is 2.35. The largest absolute Gasteiger partial charge is 0.595 e. The summed E-state index contributed by atoms with van der Waals surface area (Å²) in [7, 11) is 0. The molecular formula is C14H17N3O5. The summed E-state index contributed by atoms with van der Waals surface area (Å²) >= 11 is 0. The lowest BCUT2D eigenvalue weighted by Gasteiger charge is -2.29. The highest BCUT2D eigenvalue weighted by molar-refractivity contribution is 5.95. The van der Waals surface area contributed by atoms with E-state index in [1.165, 1.54) is 6.07 Å². The Morgan fingerprint density at radius 2 is 2.14 bits per heavy atom. The van der Waals surface area contributed by atoms with Crippen molar-refractivity contribution in [2.75, 3.05) is 6.61 Å². The van der Waals surface area contributed by atoms with Crippen LogP contribution in [-0.4, -0.2) is 23.8 Å². The van der Waals surface area contributed by atoms with E-state index in [2.05, 4.69) is 10.6 Å². The molecule has 0 aliphatic carbocycles. The molecule has 0 fully saturated rings. The van der Waals surface area contributed by atoms with Crippen LogP contribution in [0.4, 0.5) is 10.5 Å². The van der Waals surface area contributed by atoms with Gasteiger partial charge in [0.25, 0.3) is 0 Å². The van der Waals surface area contributed by atoms with Gasteiger partial charge in [0.2, 0.25) is 0 Å². The topological polar surface area (TPSA) is 115 Å². The standard InChI is InChI=1S/C14H17N3O5/c1-3-22-13(18)11-8(2)15-14(19)16-12(11)9-6-4-5-7-10(9)17(20)21/h4-7,12,17,20H,3H2,1-2H3,(H2,15,16,19)/t12-/m1/s1. The number of rotatable bonds is 4. The number of nitrogens with one attached hydrogen (secondary N) is 3. The molecule has 4 N–H and O–H groups in total. The van der Waals surface area contributed by atoms with Crippen molar-refractivity contribution in [3.05, 3.63) is 46.3 Å². The molecule has 8 heteroatoms. The molecule has 2 atom stereocenters. The lowest BCUT2D eigenvalue weighted by atomic mass is 9.94. The van der Waals surface area contributed by atoms with E-state index in [9.17, 15) is 20.0 Å². The number of hydrogen-bond donors (Lipinski definition) is 4. The molecule has 1 aromatic rings. The van der Waals surface area contributed by atoms with Gasteiger partial charge in [-0.2, -0.15) is 5.23 Å². The normalized spacial score (nSPS) is 19.3. The minimum absolute atomic E-state index is 0.0179. The summed E-state index contributed by atoms with van der Waals surface area (Å²) in [5, 5.41) is 24.6. The van der Waals surface area contributed by atoms with Gasteiger partial charge in [-0.15, -0.1) is 0 Å². The Hall–Kier alpha value is -2.42. The summed E-state index contributed by atoms with van der Waals surface area (Å²) in [6.07, 6.45) is 0. The lowest BCUT2D eigenvalue weighted by Crippen LogP contribution is -2.99. The lowest BCUT2D eigenvalue weighted by molar-refractivity contribution is -0.991. The molecule has 0 bridgehead atoms. The second kappa shape index (κ2) is 6.56. The van der Waals surface area contributed by atoms with Crippen molar-refractivity contribution in [2.24, 2.45) is 0 Å². The molecule has 1 aliphatic rings. The van der Waals surface area contributed by atoms with Crippen molar-refractivity contribution in [3.63, 3.8) is 0 Å². The first-order chi connectivity index (χ1) is 10.5. The van der Waals surface area contributed by atoms with Gasteiger partial charge < -0.3 is 20.6 Å². The van der Waals surface area contributed by atoms with Gasteiger partial charge in [-0.1, -0.05) is 18.2 Å². The number of allylic oxidation sites excluding steroid dienone is 1. The number of ether oxygens (including phenoxy) is 1. The van der Waals surface area contributed by atoms with Crippen molar-refractivity contribution >= 4 is 17.7 Å². The highest BCUT2D eigenvalue weighted by Gasteiger charge is 2.34. The third-order valence-electron chi connectivity index (χ3n) is 3.27. The van der Waals surface area contributed by atoms with Crippen LogP contribution in [0.5, 0.6) is 0 Å². The zero-order valence-electron chi connectivity index (χ0n) is 12.2. The van der Waals surface area contributed by atoms with Gasteiger partial charge >= 0.3 is 12.0 Å². The molecule has 0 aromatic heterocycles. The summed E-state index contributed by atoms with van der Waals surface area (Å²) in [5.41, 5.74) is 0.874. The van der Waals surface area contributed by atoms with Gasteiger partial charge in [-0.3, -0.25) is 0 Å². The molecule has 0 radical (unpaired) electrons.